The number of nitrogens with one attached hydrogen (secondary N) is 1. The van der Waals surface area contributed by atoms with E-state index in [4.69, 9.17) is 21.4 Å². The van der Waals surface area contributed by atoms with E-state index in [1.165, 1.54) is 41.9 Å². The minimum Gasteiger partial charge on any atom is -0.420 e. The first-order valence-electron chi connectivity index (χ1n) is 8.65. The molecular formula is C19H14ClFN6O2S. The van der Waals surface area contributed by atoms with Crippen LogP contribution in [0.15, 0.2) is 47.8 Å². The van der Waals surface area contributed by atoms with Gasteiger partial charge in [-0.2, -0.15) is 9.98 Å². The lowest BCUT2D eigenvalue weighted by Gasteiger charge is -2.08. The summed E-state index contributed by atoms with van der Waals surface area (Å²) in [6.07, 6.45) is 4.66. The van der Waals surface area contributed by atoms with Crippen molar-refractivity contribution < 1.29 is 14.2 Å². The summed E-state index contributed by atoms with van der Waals surface area (Å²) in [7, 11) is 0. The molecule has 3 heterocycles. The van der Waals surface area contributed by atoms with Crippen LogP contribution in [0.5, 0.6) is 11.8 Å². The maximum absolute atomic E-state index is 14.0. The van der Waals surface area contributed by atoms with Crippen molar-refractivity contribution in [2.24, 2.45) is 4.99 Å². The Labute approximate surface area is 178 Å². The Morgan fingerprint density at radius 1 is 1.27 bits per heavy atom. The Morgan fingerprint density at radius 3 is 2.87 bits per heavy atom. The Balaban J connectivity index is 1.64. The minimum atomic E-state index is -0.604. The first-order chi connectivity index (χ1) is 14.5. The predicted molar refractivity (Wildman–Crippen MR) is 109 cm³/mol. The molecule has 4 rings (SSSR count). The van der Waals surface area contributed by atoms with E-state index in [2.05, 4.69) is 29.9 Å². The van der Waals surface area contributed by atoms with Gasteiger partial charge in [0.25, 0.3) is 0 Å². The Bertz CT molecular complexity index is 1240. The molecule has 0 bridgehead atoms. The van der Waals surface area contributed by atoms with Crippen molar-refractivity contribution >= 4 is 28.8 Å². The average molecular weight is 445 g/mol. The number of aryl methyl sites for hydroxylation is 1. The fourth-order valence-electron chi connectivity index (χ4n) is 2.45. The van der Waals surface area contributed by atoms with Crippen LogP contribution in [0, 0.1) is 12.7 Å². The summed E-state index contributed by atoms with van der Waals surface area (Å²) in [6.45, 7) is 1.60. The van der Waals surface area contributed by atoms with Crippen LogP contribution in [0.25, 0.3) is 10.6 Å². The van der Waals surface area contributed by atoms with E-state index in [0.717, 1.165) is 4.88 Å². The molecule has 0 aliphatic carbocycles. The van der Waals surface area contributed by atoms with Crippen LogP contribution in [0.4, 0.5) is 10.2 Å². The summed E-state index contributed by atoms with van der Waals surface area (Å²) in [5.41, 5.74) is 1.68. The fourth-order valence-corrected chi connectivity index (χ4v) is 3.44. The van der Waals surface area contributed by atoms with Crippen molar-refractivity contribution in [3.05, 3.63) is 69.9 Å². The number of H-pyrrole nitrogens is 1. The van der Waals surface area contributed by atoms with E-state index >= 15 is 0 Å². The van der Waals surface area contributed by atoms with Gasteiger partial charge in [-0.05, 0) is 25.1 Å². The molecule has 0 radical (unpaired) electrons. The number of aliphatic hydroxyl groups is 1. The molecule has 0 saturated heterocycles. The molecule has 0 atom stereocenters. The molecule has 30 heavy (non-hydrogen) atoms. The number of thiazole rings is 1. The molecule has 1 aromatic carbocycles. The summed E-state index contributed by atoms with van der Waals surface area (Å²) in [5.74, 6) is -0.337. The largest absolute Gasteiger partial charge is 0.420 e. The first-order valence-corrected chi connectivity index (χ1v) is 9.84. The third-order valence-corrected chi connectivity index (χ3v) is 5.05. The average Bonchev–Trinajstić information content (AvgIpc) is 3.20. The molecule has 0 amide bonds. The molecule has 3 aromatic heterocycles. The second kappa shape index (κ2) is 8.66. The van der Waals surface area contributed by atoms with Gasteiger partial charge in [0.15, 0.2) is 22.2 Å². The van der Waals surface area contributed by atoms with Crippen molar-refractivity contribution in [3.8, 4) is 22.3 Å². The van der Waals surface area contributed by atoms with Gasteiger partial charge in [-0.3, -0.25) is 4.98 Å². The molecule has 2 N–H and O–H groups in total. The number of benzene rings is 1. The topological polar surface area (TPSA) is 109 Å². The summed E-state index contributed by atoms with van der Waals surface area (Å²) in [6, 6.07) is 6.01. The van der Waals surface area contributed by atoms with Crippen molar-refractivity contribution in [3.63, 3.8) is 0 Å². The van der Waals surface area contributed by atoms with Crippen molar-refractivity contribution in [2.45, 2.75) is 13.5 Å². The Hall–Kier alpha value is -3.21. The highest BCUT2D eigenvalue weighted by atomic mass is 35.5. The SMILES string of the molecule is Cc1cc(-c2c[nH]/c(=N/c3cnc(CO)cn3)s2)nc(Oc2c(F)cccc2Cl)n1. The van der Waals surface area contributed by atoms with E-state index in [-0.39, 0.29) is 23.4 Å². The van der Waals surface area contributed by atoms with Crippen LogP contribution in [0.3, 0.4) is 0 Å². The number of nitrogens with zero attached hydrogens (tertiary/aromatic N) is 5. The van der Waals surface area contributed by atoms with Crippen LogP contribution in [-0.4, -0.2) is 30.0 Å². The van der Waals surface area contributed by atoms with Crippen molar-refractivity contribution in [1.82, 2.24) is 24.9 Å². The number of aromatic nitrogens is 5. The van der Waals surface area contributed by atoms with Gasteiger partial charge in [0.1, 0.15) is 0 Å². The van der Waals surface area contributed by atoms with Crippen LogP contribution >= 0.6 is 22.9 Å². The van der Waals surface area contributed by atoms with Crippen LogP contribution in [0.2, 0.25) is 5.02 Å². The number of para-hydroxylation sites is 1. The second-order valence-electron chi connectivity index (χ2n) is 6.03. The first kappa shape index (κ1) is 20.1. The maximum atomic E-state index is 14.0. The van der Waals surface area contributed by atoms with Gasteiger partial charge in [-0.15, -0.1) is 0 Å². The molecule has 8 nitrogen and oxygen atoms in total. The molecule has 0 spiro atoms. The highest BCUT2D eigenvalue weighted by Crippen LogP contribution is 2.31. The van der Waals surface area contributed by atoms with Crippen LogP contribution in [-0.2, 0) is 6.61 Å². The quantitative estimate of drug-likeness (QED) is 0.482. The molecule has 152 valence electrons. The summed E-state index contributed by atoms with van der Waals surface area (Å²) in [4.78, 5) is 25.5. The number of hydrogen-bond donors (Lipinski definition) is 2. The van der Waals surface area contributed by atoms with Crippen molar-refractivity contribution in [2.75, 3.05) is 0 Å². The molecule has 0 aliphatic rings. The normalized spacial score (nSPS) is 11.7. The number of aliphatic hydroxyl groups excluding tert-OH is 1. The molecule has 0 aliphatic heterocycles. The third-order valence-electron chi connectivity index (χ3n) is 3.80. The molecule has 0 unspecified atom stereocenters. The molecular weight excluding hydrogens is 431 g/mol. The van der Waals surface area contributed by atoms with Crippen LogP contribution in [0.1, 0.15) is 11.4 Å². The Kier molecular flexibility index (Phi) is 5.79. The number of hydrogen-bond acceptors (Lipinski definition) is 8. The fraction of sp³-hybridized carbons (Fsp3) is 0.105. The molecule has 11 heteroatoms. The van der Waals surface area contributed by atoms with Gasteiger partial charge in [-0.25, -0.2) is 14.4 Å². The number of halogens is 2. The van der Waals surface area contributed by atoms with E-state index < -0.39 is 5.82 Å². The van der Waals surface area contributed by atoms with Gasteiger partial charge >= 0.3 is 6.01 Å². The minimum absolute atomic E-state index is 0.0191. The number of aromatic amines is 1. The Morgan fingerprint density at radius 2 is 2.13 bits per heavy atom. The van der Waals surface area contributed by atoms with E-state index in [0.29, 0.717) is 27.7 Å². The van der Waals surface area contributed by atoms with Gasteiger partial charge < -0.3 is 14.8 Å². The molecule has 4 aromatic rings. The van der Waals surface area contributed by atoms with Gasteiger partial charge in [0, 0.05) is 11.9 Å². The van der Waals surface area contributed by atoms with E-state index in [1.54, 1.807) is 19.2 Å². The highest BCUT2D eigenvalue weighted by molar-refractivity contribution is 7.12. The van der Waals surface area contributed by atoms with Gasteiger partial charge in [-0.1, -0.05) is 29.0 Å². The zero-order valence-corrected chi connectivity index (χ0v) is 17.1. The zero-order chi connectivity index (χ0) is 21.1. The lowest BCUT2D eigenvalue weighted by atomic mass is 10.3. The third kappa shape index (κ3) is 4.51. The second-order valence-corrected chi connectivity index (χ2v) is 7.46. The zero-order valence-electron chi connectivity index (χ0n) is 15.5. The summed E-state index contributed by atoms with van der Waals surface area (Å²) < 4.78 is 19.5. The monoisotopic (exact) mass is 444 g/mol. The maximum Gasteiger partial charge on any atom is 0.322 e. The number of rotatable bonds is 5. The lowest BCUT2D eigenvalue weighted by Crippen LogP contribution is -1.98. The number of ether oxygens (including phenoxy) is 1. The van der Waals surface area contributed by atoms with E-state index in [1.807, 2.05) is 0 Å². The summed E-state index contributed by atoms with van der Waals surface area (Å²) >= 11 is 7.35. The lowest BCUT2D eigenvalue weighted by molar-refractivity contribution is 0.276. The smallest absolute Gasteiger partial charge is 0.322 e. The molecule has 0 saturated carbocycles. The van der Waals surface area contributed by atoms with Gasteiger partial charge in [0.05, 0.1) is 40.3 Å². The molecule has 0 fully saturated rings. The predicted octanol–water partition coefficient (Wildman–Crippen LogP) is 3.94. The standard InChI is InChI=1S/C19H14ClFN6O2S/c1-10-5-14(26-18(25-10)29-17-12(20)3-2-4-13(17)21)15-7-24-19(30-15)27-16-8-22-11(9-28)6-23-16/h2-8,28H,9H2,1H3,(H,23,24,27). The highest BCUT2D eigenvalue weighted by Gasteiger charge is 2.13. The van der Waals surface area contributed by atoms with E-state index in [9.17, 15) is 4.39 Å². The summed E-state index contributed by atoms with van der Waals surface area (Å²) in [5, 5.41) is 9.15. The van der Waals surface area contributed by atoms with Crippen molar-refractivity contribution in [1.29, 1.82) is 0 Å². The van der Waals surface area contributed by atoms with Crippen LogP contribution < -0.4 is 9.54 Å². The van der Waals surface area contributed by atoms with Gasteiger partial charge in [0.2, 0.25) is 0 Å².